The maximum atomic E-state index is 11.9. The third-order valence-electron chi connectivity index (χ3n) is 2.47. The fraction of sp³-hybridized carbons (Fsp3) is 0.0714. The van der Waals surface area contributed by atoms with Crippen LogP contribution in [0.1, 0.15) is 10.4 Å². The van der Waals surface area contributed by atoms with Crippen LogP contribution in [0.2, 0.25) is 0 Å². The van der Waals surface area contributed by atoms with Gasteiger partial charge in [0.2, 0.25) is 0 Å². The van der Waals surface area contributed by atoms with E-state index in [1.54, 1.807) is 12.1 Å². The zero-order chi connectivity index (χ0) is 13.0. The van der Waals surface area contributed by atoms with Crippen molar-refractivity contribution in [2.24, 2.45) is 0 Å². The molecule has 18 heavy (non-hydrogen) atoms. The van der Waals surface area contributed by atoms with E-state index >= 15 is 0 Å². The molecule has 2 aromatic rings. The van der Waals surface area contributed by atoms with Gasteiger partial charge in [-0.2, -0.15) is 0 Å². The maximum Gasteiger partial charge on any atom is 0.255 e. The summed E-state index contributed by atoms with van der Waals surface area (Å²) in [5, 5.41) is 12.2. The van der Waals surface area contributed by atoms with E-state index in [9.17, 15) is 9.90 Å². The molecule has 0 saturated carbocycles. The number of nitrogens with one attached hydrogen (secondary N) is 1. The van der Waals surface area contributed by atoms with Crippen molar-refractivity contribution in [3.8, 4) is 11.5 Å². The van der Waals surface area contributed by atoms with E-state index in [0.29, 0.717) is 5.56 Å². The first kappa shape index (κ1) is 12.0. The first-order valence-corrected chi connectivity index (χ1v) is 5.44. The molecule has 0 bridgehead atoms. The molecular formula is C14H13NO3. The van der Waals surface area contributed by atoms with Gasteiger partial charge < -0.3 is 15.2 Å². The van der Waals surface area contributed by atoms with Crippen molar-refractivity contribution in [3.05, 3.63) is 54.1 Å². The molecule has 0 spiro atoms. The van der Waals surface area contributed by atoms with Gasteiger partial charge in [0.15, 0.2) is 11.5 Å². The van der Waals surface area contributed by atoms with E-state index < -0.39 is 0 Å². The first-order valence-electron chi connectivity index (χ1n) is 5.44. The van der Waals surface area contributed by atoms with Gasteiger partial charge in [-0.3, -0.25) is 4.79 Å². The summed E-state index contributed by atoms with van der Waals surface area (Å²) in [6.45, 7) is 0. The SMILES string of the molecule is COc1cc(C(=O)Nc2ccccc2)ccc1O. The third-order valence-corrected chi connectivity index (χ3v) is 2.47. The van der Waals surface area contributed by atoms with E-state index in [-0.39, 0.29) is 17.4 Å². The molecule has 92 valence electrons. The standard InChI is InChI=1S/C14H13NO3/c1-18-13-9-10(7-8-12(13)16)14(17)15-11-5-3-2-4-6-11/h2-9,16H,1H3,(H,15,17). The molecule has 2 aromatic carbocycles. The van der Waals surface area contributed by atoms with Crippen LogP contribution in [0.3, 0.4) is 0 Å². The number of aromatic hydroxyl groups is 1. The number of ether oxygens (including phenoxy) is 1. The predicted octanol–water partition coefficient (Wildman–Crippen LogP) is 2.65. The summed E-state index contributed by atoms with van der Waals surface area (Å²) < 4.78 is 4.96. The minimum Gasteiger partial charge on any atom is -0.504 e. The van der Waals surface area contributed by atoms with Gasteiger partial charge in [0.25, 0.3) is 5.91 Å². The molecular weight excluding hydrogens is 230 g/mol. The smallest absolute Gasteiger partial charge is 0.255 e. The van der Waals surface area contributed by atoms with Crippen molar-refractivity contribution in [1.82, 2.24) is 0 Å². The molecule has 4 nitrogen and oxygen atoms in total. The molecule has 0 fully saturated rings. The van der Waals surface area contributed by atoms with Crippen LogP contribution in [-0.4, -0.2) is 18.1 Å². The number of hydrogen-bond acceptors (Lipinski definition) is 3. The summed E-state index contributed by atoms with van der Waals surface area (Å²) in [5.74, 6) is 0.0315. The molecule has 4 heteroatoms. The number of benzene rings is 2. The van der Waals surface area contributed by atoms with Crippen LogP contribution >= 0.6 is 0 Å². The Hall–Kier alpha value is -2.49. The molecule has 0 aromatic heterocycles. The zero-order valence-corrected chi connectivity index (χ0v) is 9.88. The molecule has 1 amide bonds. The average molecular weight is 243 g/mol. The molecule has 0 radical (unpaired) electrons. The Morgan fingerprint density at radius 3 is 2.56 bits per heavy atom. The van der Waals surface area contributed by atoms with Gasteiger partial charge >= 0.3 is 0 Å². The summed E-state index contributed by atoms with van der Waals surface area (Å²) in [5.41, 5.74) is 1.14. The number of carbonyl (C=O) groups is 1. The number of hydrogen-bond donors (Lipinski definition) is 2. The van der Waals surface area contributed by atoms with Crippen LogP contribution < -0.4 is 10.1 Å². The van der Waals surface area contributed by atoms with Crippen LogP contribution in [0, 0.1) is 0 Å². The van der Waals surface area contributed by atoms with Crippen molar-refractivity contribution in [2.45, 2.75) is 0 Å². The molecule has 0 atom stereocenters. The van der Waals surface area contributed by atoms with Crippen LogP contribution in [0.5, 0.6) is 11.5 Å². The largest absolute Gasteiger partial charge is 0.504 e. The first-order chi connectivity index (χ1) is 8.70. The second kappa shape index (κ2) is 5.23. The lowest BCUT2D eigenvalue weighted by Crippen LogP contribution is -2.11. The summed E-state index contributed by atoms with van der Waals surface area (Å²) >= 11 is 0. The van der Waals surface area contributed by atoms with Crippen molar-refractivity contribution >= 4 is 11.6 Å². The van der Waals surface area contributed by atoms with Gasteiger partial charge in [-0.25, -0.2) is 0 Å². The molecule has 0 aliphatic heterocycles. The highest BCUT2D eigenvalue weighted by atomic mass is 16.5. The highest BCUT2D eigenvalue weighted by molar-refractivity contribution is 6.04. The average Bonchev–Trinajstić information content (AvgIpc) is 2.40. The predicted molar refractivity (Wildman–Crippen MR) is 69.1 cm³/mol. The van der Waals surface area contributed by atoms with E-state index in [1.165, 1.54) is 25.3 Å². The van der Waals surface area contributed by atoms with Crippen molar-refractivity contribution in [1.29, 1.82) is 0 Å². The lowest BCUT2D eigenvalue weighted by atomic mass is 10.2. The molecule has 0 heterocycles. The van der Waals surface area contributed by atoms with Gasteiger partial charge in [-0.05, 0) is 30.3 Å². The lowest BCUT2D eigenvalue weighted by molar-refractivity contribution is 0.102. The van der Waals surface area contributed by atoms with Crippen LogP contribution in [0.25, 0.3) is 0 Å². The van der Waals surface area contributed by atoms with Crippen LogP contribution in [0.4, 0.5) is 5.69 Å². The van der Waals surface area contributed by atoms with Gasteiger partial charge in [0.1, 0.15) is 0 Å². The minimum atomic E-state index is -0.250. The van der Waals surface area contributed by atoms with Crippen molar-refractivity contribution < 1.29 is 14.6 Å². The lowest BCUT2D eigenvalue weighted by Gasteiger charge is -2.07. The number of phenolic OH excluding ortho intramolecular Hbond substituents is 1. The van der Waals surface area contributed by atoms with Gasteiger partial charge in [0, 0.05) is 11.3 Å². The molecule has 2 N–H and O–H groups in total. The Kier molecular flexibility index (Phi) is 3.48. The minimum absolute atomic E-state index is 0.00811. The van der Waals surface area contributed by atoms with Gasteiger partial charge in [-0.1, -0.05) is 18.2 Å². The Labute approximate surface area is 105 Å². The number of carbonyl (C=O) groups excluding carboxylic acids is 1. The topological polar surface area (TPSA) is 58.6 Å². The highest BCUT2D eigenvalue weighted by Crippen LogP contribution is 2.26. The van der Waals surface area contributed by atoms with E-state index in [2.05, 4.69) is 5.32 Å². The van der Waals surface area contributed by atoms with Crippen LogP contribution in [-0.2, 0) is 0 Å². The molecule has 2 rings (SSSR count). The fourth-order valence-corrected chi connectivity index (χ4v) is 1.54. The van der Waals surface area contributed by atoms with Gasteiger partial charge in [-0.15, -0.1) is 0 Å². The van der Waals surface area contributed by atoms with Gasteiger partial charge in [0.05, 0.1) is 7.11 Å². The number of anilines is 1. The number of phenols is 1. The Balaban J connectivity index is 2.19. The third kappa shape index (κ3) is 2.60. The number of methoxy groups -OCH3 is 1. The summed E-state index contributed by atoms with van der Waals surface area (Å²) in [6.07, 6.45) is 0. The molecule has 0 saturated heterocycles. The quantitative estimate of drug-likeness (QED) is 0.871. The monoisotopic (exact) mass is 243 g/mol. The van der Waals surface area contributed by atoms with E-state index in [4.69, 9.17) is 4.74 Å². The maximum absolute atomic E-state index is 11.9. The summed E-state index contributed by atoms with van der Waals surface area (Å²) in [7, 11) is 1.44. The number of amides is 1. The summed E-state index contributed by atoms with van der Waals surface area (Å²) in [6, 6.07) is 13.6. The second-order valence-corrected chi connectivity index (χ2v) is 3.71. The van der Waals surface area contributed by atoms with E-state index in [1.807, 2.05) is 18.2 Å². The molecule has 0 unspecified atom stereocenters. The summed E-state index contributed by atoms with van der Waals surface area (Å²) in [4.78, 5) is 11.9. The van der Waals surface area contributed by atoms with Crippen molar-refractivity contribution in [2.75, 3.05) is 12.4 Å². The fourth-order valence-electron chi connectivity index (χ4n) is 1.54. The normalized spacial score (nSPS) is 9.83. The highest BCUT2D eigenvalue weighted by Gasteiger charge is 2.09. The van der Waals surface area contributed by atoms with Crippen molar-refractivity contribution in [3.63, 3.8) is 0 Å². The zero-order valence-electron chi connectivity index (χ0n) is 9.88. The van der Waals surface area contributed by atoms with Crippen LogP contribution in [0.15, 0.2) is 48.5 Å². The Morgan fingerprint density at radius 2 is 1.89 bits per heavy atom. The second-order valence-electron chi connectivity index (χ2n) is 3.71. The number of rotatable bonds is 3. The van der Waals surface area contributed by atoms with E-state index in [0.717, 1.165) is 5.69 Å². The molecule has 0 aliphatic rings. The Bertz CT molecular complexity index is 552. The molecule has 0 aliphatic carbocycles. The number of para-hydroxylation sites is 1. The Morgan fingerprint density at radius 1 is 1.17 bits per heavy atom.